The SMILES string of the molecule is COC(=O)NCCCn1nc([C@@H](C)N(C(=O)[C@H]2CN[C@@H](CF)CO2)C2CC2)c2ccc(C)cc21. The number of fused-ring (bicyclic) bond motifs is 1. The number of hydrogen-bond donors (Lipinski definition) is 2. The predicted molar refractivity (Wildman–Crippen MR) is 125 cm³/mol. The molecule has 1 saturated carbocycles. The van der Waals surface area contributed by atoms with Gasteiger partial charge in [-0.25, -0.2) is 9.18 Å². The summed E-state index contributed by atoms with van der Waals surface area (Å²) in [5, 5.41) is 11.7. The Hall–Kier alpha value is -2.72. The van der Waals surface area contributed by atoms with Crippen molar-refractivity contribution in [1.29, 1.82) is 0 Å². The number of alkyl carbamates (subject to hydrolysis) is 1. The summed E-state index contributed by atoms with van der Waals surface area (Å²) in [6.07, 6.45) is 1.54. The highest BCUT2D eigenvalue weighted by Crippen LogP contribution is 2.37. The van der Waals surface area contributed by atoms with Crippen LogP contribution in [0.5, 0.6) is 0 Å². The molecule has 1 saturated heterocycles. The topological polar surface area (TPSA) is 97.7 Å². The lowest BCUT2D eigenvalue weighted by Crippen LogP contribution is -2.54. The molecular weight excluding hydrogens is 441 g/mol. The molecule has 0 unspecified atom stereocenters. The fourth-order valence-electron chi connectivity index (χ4n) is 4.50. The van der Waals surface area contributed by atoms with E-state index in [9.17, 15) is 14.0 Å². The second-order valence-corrected chi connectivity index (χ2v) is 9.14. The number of amides is 2. The molecular formula is C24H34FN5O4. The van der Waals surface area contributed by atoms with Crippen LogP contribution in [-0.2, 0) is 20.8 Å². The van der Waals surface area contributed by atoms with Gasteiger partial charge in [0, 0.05) is 31.1 Å². The van der Waals surface area contributed by atoms with E-state index < -0.39 is 18.9 Å². The molecule has 3 atom stereocenters. The van der Waals surface area contributed by atoms with E-state index >= 15 is 0 Å². The maximum absolute atomic E-state index is 13.5. The molecule has 9 nitrogen and oxygen atoms in total. The van der Waals surface area contributed by atoms with Gasteiger partial charge < -0.3 is 25.0 Å². The maximum atomic E-state index is 13.5. The van der Waals surface area contributed by atoms with Gasteiger partial charge in [0.15, 0.2) is 0 Å². The van der Waals surface area contributed by atoms with Crippen molar-refractivity contribution in [2.24, 2.45) is 0 Å². The molecule has 1 aromatic carbocycles. The van der Waals surface area contributed by atoms with Crippen LogP contribution in [0, 0.1) is 6.92 Å². The Balaban J connectivity index is 1.55. The number of benzene rings is 1. The molecule has 4 rings (SSSR count). The average Bonchev–Trinajstić information content (AvgIpc) is 3.62. The largest absolute Gasteiger partial charge is 0.453 e. The highest BCUT2D eigenvalue weighted by molar-refractivity contribution is 5.86. The summed E-state index contributed by atoms with van der Waals surface area (Å²) < 4.78 is 25.2. The Morgan fingerprint density at radius 3 is 2.85 bits per heavy atom. The second kappa shape index (κ2) is 10.7. The van der Waals surface area contributed by atoms with Crippen LogP contribution in [0.15, 0.2) is 18.2 Å². The minimum absolute atomic E-state index is 0.0723. The van der Waals surface area contributed by atoms with Gasteiger partial charge in [-0.15, -0.1) is 0 Å². The van der Waals surface area contributed by atoms with Crippen molar-refractivity contribution >= 4 is 22.9 Å². The van der Waals surface area contributed by atoms with Crippen LogP contribution in [0.1, 0.15) is 43.5 Å². The van der Waals surface area contributed by atoms with Crippen LogP contribution >= 0.6 is 0 Å². The molecule has 2 amide bonds. The molecule has 0 radical (unpaired) electrons. The first-order valence-corrected chi connectivity index (χ1v) is 11.9. The van der Waals surface area contributed by atoms with Crippen LogP contribution < -0.4 is 10.6 Å². The second-order valence-electron chi connectivity index (χ2n) is 9.14. The summed E-state index contributed by atoms with van der Waals surface area (Å²) in [5.74, 6) is -0.0723. The first-order chi connectivity index (χ1) is 16.4. The van der Waals surface area contributed by atoms with Crippen molar-refractivity contribution in [1.82, 2.24) is 25.3 Å². The van der Waals surface area contributed by atoms with Crippen molar-refractivity contribution in [2.45, 2.75) is 63.9 Å². The number of nitrogens with zero attached hydrogens (tertiary/aromatic N) is 3. The minimum Gasteiger partial charge on any atom is -0.453 e. The summed E-state index contributed by atoms with van der Waals surface area (Å²) in [6, 6.07) is 5.79. The monoisotopic (exact) mass is 475 g/mol. The summed E-state index contributed by atoms with van der Waals surface area (Å²) in [6.45, 7) is 5.14. The molecule has 2 aromatic rings. The van der Waals surface area contributed by atoms with E-state index in [0.29, 0.717) is 26.1 Å². The van der Waals surface area contributed by atoms with Crippen LogP contribution in [0.3, 0.4) is 0 Å². The quantitative estimate of drug-likeness (QED) is 0.541. The summed E-state index contributed by atoms with van der Waals surface area (Å²) in [7, 11) is 1.34. The summed E-state index contributed by atoms with van der Waals surface area (Å²) >= 11 is 0. The van der Waals surface area contributed by atoms with E-state index in [1.165, 1.54) is 7.11 Å². The smallest absolute Gasteiger partial charge is 0.406 e. The first kappa shape index (κ1) is 24.4. The number of aromatic nitrogens is 2. The van der Waals surface area contributed by atoms with Crippen molar-refractivity contribution < 1.29 is 23.5 Å². The summed E-state index contributed by atoms with van der Waals surface area (Å²) in [4.78, 5) is 26.7. The molecule has 1 aliphatic heterocycles. The van der Waals surface area contributed by atoms with Crippen LogP contribution in [0.25, 0.3) is 10.9 Å². The predicted octanol–water partition coefficient (Wildman–Crippen LogP) is 2.47. The molecule has 0 spiro atoms. The number of ether oxygens (including phenoxy) is 2. The lowest BCUT2D eigenvalue weighted by atomic mass is 10.1. The number of rotatable bonds is 9. The van der Waals surface area contributed by atoms with Crippen LogP contribution in [0.2, 0.25) is 0 Å². The van der Waals surface area contributed by atoms with Crippen molar-refractivity contribution in [3.05, 3.63) is 29.5 Å². The number of methoxy groups -OCH3 is 1. The maximum Gasteiger partial charge on any atom is 0.406 e. The van der Waals surface area contributed by atoms with Crippen molar-refractivity contribution in [3.8, 4) is 0 Å². The van der Waals surface area contributed by atoms with Gasteiger partial charge in [0.1, 0.15) is 12.8 Å². The lowest BCUT2D eigenvalue weighted by Gasteiger charge is -2.35. The highest BCUT2D eigenvalue weighted by atomic mass is 19.1. The standard InChI is InChI=1S/C24H34FN5O4/c1-15-5-8-19-20(11-15)29(10-4-9-26-24(32)33-3)28-22(19)16(2)30(18-6-7-18)23(31)21-13-27-17(12-25)14-34-21/h5,8,11,16-18,21,27H,4,6-7,9-10,12-14H2,1-3H3,(H,26,32)/t16-,17+,21-/m1/s1. The number of aryl methyl sites for hydroxylation is 2. The molecule has 2 aliphatic rings. The van der Waals surface area contributed by atoms with Gasteiger partial charge in [0.05, 0.1) is 37.0 Å². The number of carbonyl (C=O) groups is 2. The fraction of sp³-hybridized carbons (Fsp3) is 0.625. The third kappa shape index (κ3) is 5.33. The van der Waals surface area contributed by atoms with Gasteiger partial charge >= 0.3 is 6.09 Å². The summed E-state index contributed by atoms with van der Waals surface area (Å²) in [5.41, 5.74) is 2.98. The minimum atomic E-state index is -0.620. The molecule has 0 bridgehead atoms. The van der Waals surface area contributed by atoms with Gasteiger partial charge in [-0.3, -0.25) is 9.48 Å². The van der Waals surface area contributed by atoms with Crippen LogP contribution in [-0.4, -0.2) is 78.3 Å². The van der Waals surface area contributed by atoms with Gasteiger partial charge in [-0.05, 0) is 44.7 Å². The number of halogens is 1. The normalized spacial score (nSPS) is 21.3. The lowest BCUT2D eigenvalue weighted by molar-refractivity contribution is -0.149. The zero-order chi connectivity index (χ0) is 24.2. The number of alkyl halides is 1. The van der Waals surface area contributed by atoms with Gasteiger partial charge in [-0.2, -0.15) is 5.10 Å². The Morgan fingerprint density at radius 1 is 1.41 bits per heavy atom. The molecule has 2 N–H and O–H groups in total. The Bertz CT molecular complexity index is 1020. The van der Waals surface area contributed by atoms with Gasteiger partial charge in [-0.1, -0.05) is 12.1 Å². The zero-order valence-electron chi connectivity index (χ0n) is 20.1. The van der Waals surface area contributed by atoms with Crippen LogP contribution in [0.4, 0.5) is 9.18 Å². The Kier molecular flexibility index (Phi) is 7.67. The Morgan fingerprint density at radius 2 is 2.21 bits per heavy atom. The number of nitrogens with one attached hydrogen (secondary N) is 2. The van der Waals surface area contributed by atoms with Crippen molar-refractivity contribution in [2.75, 3.05) is 33.5 Å². The molecule has 1 aromatic heterocycles. The van der Waals surface area contributed by atoms with E-state index in [1.54, 1.807) is 0 Å². The number of hydrogen-bond acceptors (Lipinski definition) is 6. The zero-order valence-corrected chi connectivity index (χ0v) is 20.1. The van der Waals surface area contributed by atoms with Gasteiger partial charge in [0.2, 0.25) is 0 Å². The van der Waals surface area contributed by atoms with Gasteiger partial charge in [0.25, 0.3) is 5.91 Å². The number of morpholine rings is 1. The molecule has 10 heteroatoms. The Labute approximate surface area is 198 Å². The van der Waals surface area contributed by atoms with E-state index in [4.69, 9.17) is 9.84 Å². The fourth-order valence-corrected chi connectivity index (χ4v) is 4.50. The molecule has 34 heavy (non-hydrogen) atoms. The third-order valence-electron chi connectivity index (χ3n) is 6.50. The molecule has 186 valence electrons. The van der Waals surface area contributed by atoms with Crippen molar-refractivity contribution in [3.63, 3.8) is 0 Å². The molecule has 1 aliphatic carbocycles. The van der Waals surface area contributed by atoms with E-state index in [2.05, 4.69) is 33.6 Å². The molecule has 2 fully saturated rings. The average molecular weight is 476 g/mol. The highest BCUT2D eigenvalue weighted by Gasteiger charge is 2.41. The third-order valence-corrected chi connectivity index (χ3v) is 6.50. The van der Waals surface area contributed by atoms with E-state index in [-0.39, 0.29) is 30.6 Å². The van der Waals surface area contributed by atoms with E-state index in [0.717, 1.165) is 35.0 Å². The first-order valence-electron chi connectivity index (χ1n) is 11.9. The van der Waals surface area contributed by atoms with E-state index in [1.807, 2.05) is 23.4 Å². The molecule has 2 heterocycles. The number of carbonyl (C=O) groups excluding carboxylic acids is 2.